The van der Waals surface area contributed by atoms with Crippen molar-refractivity contribution in [3.05, 3.63) is 88.1 Å². The number of rotatable bonds is 6. The number of nitro groups is 1. The second-order valence-electron chi connectivity index (χ2n) is 5.24. The topological polar surface area (TPSA) is 94.6 Å². The van der Waals surface area contributed by atoms with Crippen molar-refractivity contribution in [1.82, 2.24) is 0 Å². The van der Waals surface area contributed by atoms with E-state index in [1.165, 1.54) is 48.5 Å². The summed E-state index contributed by atoms with van der Waals surface area (Å²) in [5.74, 6) is -0.173. The molecule has 0 aliphatic heterocycles. The van der Waals surface area contributed by atoms with E-state index in [4.69, 9.17) is 9.15 Å². The minimum Gasteiger partial charge on any atom is -0.486 e. The Balaban J connectivity index is 1.65. The third-order valence-corrected chi connectivity index (χ3v) is 3.43. The number of amides is 1. The highest BCUT2D eigenvalue weighted by atomic mass is 19.1. The molecule has 8 heteroatoms. The number of carbonyl (C=O) groups is 1. The maximum Gasteiger partial charge on any atom is 0.292 e. The van der Waals surface area contributed by atoms with E-state index >= 15 is 0 Å². The molecule has 26 heavy (non-hydrogen) atoms. The van der Waals surface area contributed by atoms with Crippen LogP contribution in [0, 0.1) is 15.9 Å². The summed E-state index contributed by atoms with van der Waals surface area (Å²) in [7, 11) is 0. The molecule has 132 valence electrons. The van der Waals surface area contributed by atoms with Crippen LogP contribution in [-0.4, -0.2) is 10.8 Å². The fraction of sp³-hybridized carbons (Fsp3) is 0.0556. The molecule has 1 heterocycles. The number of hydrogen-bond acceptors (Lipinski definition) is 5. The largest absolute Gasteiger partial charge is 0.486 e. The Bertz CT molecular complexity index is 937. The number of nitrogens with one attached hydrogen (secondary N) is 1. The predicted molar refractivity (Wildman–Crippen MR) is 90.5 cm³/mol. The number of benzene rings is 2. The average Bonchev–Trinajstić information content (AvgIpc) is 3.11. The Labute approximate surface area is 147 Å². The lowest BCUT2D eigenvalue weighted by Gasteiger charge is -2.05. The highest BCUT2D eigenvalue weighted by Gasteiger charge is 2.18. The van der Waals surface area contributed by atoms with Gasteiger partial charge in [0.15, 0.2) is 5.76 Å². The van der Waals surface area contributed by atoms with Crippen molar-refractivity contribution in [1.29, 1.82) is 0 Å². The zero-order valence-electron chi connectivity index (χ0n) is 13.3. The van der Waals surface area contributed by atoms with Gasteiger partial charge in [0.2, 0.25) is 0 Å². The standard InChI is InChI=1S/C18H13FN2O5/c19-12-5-7-13(8-6-12)25-11-14-9-10-17(26-14)18(22)20-15-3-1-2-4-16(15)21(23)24/h1-10H,11H2,(H,20,22). The molecular weight excluding hydrogens is 343 g/mol. The van der Waals surface area contributed by atoms with Gasteiger partial charge in [0.05, 0.1) is 4.92 Å². The molecule has 1 aromatic heterocycles. The van der Waals surface area contributed by atoms with E-state index in [0.717, 1.165) is 0 Å². The van der Waals surface area contributed by atoms with Crippen LogP contribution in [0.4, 0.5) is 15.8 Å². The van der Waals surface area contributed by atoms with Gasteiger partial charge in [-0.2, -0.15) is 0 Å². The van der Waals surface area contributed by atoms with Crippen LogP contribution in [0.3, 0.4) is 0 Å². The van der Waals surface area contributed by atoms with Gasteiger partial charge in [0.1, 0.15) is 29.6 Å². The molecule has 0 unspecified atom stereocenters. The zero-order chi connectivity index (χ0) is 18.5. The number of ether oxygens (including phenoxy) is 1. The highest BCUT2D eigenvalue weighted by Crippen LogP contribution is 2.24. The molecule has 1 N–H and O–H groups in total. The van der Waals surface area contributed by atoms with Gasteiger partial charge in [0.25, 0.3) is 11.6 Å². The number of carbonyl (C=O) groups excluding carboxylic acids is 1. The fourth-order valence-corrected chi connectivity index (χ4v) is 2.19. The first kappa shape index (κ1) is 17.2. The Hall–Kier alpha value is -3.68. The van der Waals surface area contributed by atoms with Crippen LogP contribution in [-0.2, 0) is 6.61 Å². The molecular formula is C18H13FN2O5. The summed E-state index contributed by atoms with van der Waals surface area (Å²) in [5.41, 5.74) is -0.143. The summed E-state index contributed by atoms with van der Waals surface area (Å²) in [6.45, 7) is 0.0460. The van der Waals surface area contributed by atoms with Gasteiger partial charge in [-0.15, -0.1) is 0 Å². The van der Waals surface area contributed by atoms with Gasteiger partial charge in [-0.1, -0.05) is 12.1 Å². The quantitative estimate of drug-likeness (QED) is 0.529. The van der Waals surface area contributed by atoms with E-state index in [1.807, 2.05) is 0 Å². The molecule has 0 aliphatic carbocycles. The molecule has 0 radical (unpaired) electrons. The fourth-order valence-electron chi connectivity index (χ4n) is 2.19. The second-order valence-corrected chi connectivity index (χ2v) is 5.24. The number of halogens is 1. The summed E-state index contributed by atoms with van der Waals surface area (Å²) in [5, 5.41) is 13.4. The van der Waals surface area contributed by atoms with E-state index in [-0.39, 0.29) is 29.6 Å². The molecule has 0 aliphatic rings. The summed E-state index contributed by atoms with van der Waals surface area (Å²) in [6.07, 6.45) is 0. The van der Waals surface area contributed by atoms with Crippen LogP contribution in [0.25, 0.3) is 0 Å². The van der Waals surface area contributed by atoms with Crippen molar-refractivity contribution in [3.8, 4) is 5.75 Å². The van der Waals surface area contributed by atoms with Crippen LogP contribution in [0.15, 0.2) is 65.1 Å². The molecule has 3 aromatic rings. The van der Waals surface area contributed by atoms with Gasteiger partial charge >= 0.3 is 0 Å². The zero-order valence-corrected chi connectivity index (χ0v) is 13.3. The maximum atomic E-state index is 12.8. The van der Waals surface area contributed by atoms with E-state index in [2.05, 4.69) is 5.32 Å². The third-order valence-electron chi connectivity index (χ3n) is 3.43. The first-order valence-electron chi connectivity index (χ1n) is 7.55. The number of nitrogens with zero attached hydrogens (tertiary/aromatic N) is 1. The van der Waals surface area contributed by atoms with Crippen molar-refractivity contribution >= 4 is 17.3 Å². The lowest BCUT2D eigenvalue weighted by Crippen LogP contribution is -2.12. The van der Waals surface area contributed by atoms with E-state index in [1.54, 1.807) is 12.1 Å². The minimum absolute atomic E-state index is 0.0131. The molecule has 0 saturated heterocycles. The number of para-hydroxylation sites is 2. The number of furan rings is 1. The summed E-state index contributed by atoms with van der Waals surface area (Å²) >= 11 is 0. The maximum absolute atomic E-state index is 12.8. The van der Waals surface area contributed by atoms with Crippen molar-refractivity contribution < 1.29 is 23.3 Å². The monoisotopic (exact) mass is 356 g/mol. The molecule has 0 fully saturated rings. The first-order chi connectivity index (χ1) is 12.5. The Morgan fingerprint density at radius 2 is 1.85 bits per heavy atom. The Morgan fingerprint density at radius 3 is 2.58 bits per heavy atom. The van der Waals surface area contributed by atoms with Crippen LogP contribution in [0.5, 0.6) is 5.75 Å². The predicted octanol–water partition coefficient (Wildman–Crippen LogP) is 4.16. The van der Waals surface area contributed by atoms with Gasteiger partial charge < -0.3 is 14.5 Å². The molecule has 0 saturated carbocycles. The SMILES string of the molecule is O=C(Nc1ccccc1[N+](=O)[O-])c1ccc(COc2ccc(F)cc2)o1. The van der Waals surface area contributed by atoms with E-state index in [9.17, 15) is 19.3 Å². The molecule has 0 spiro atoms. The number of hydrogen-bond donors (Lipinski definition) is 1. The second kappa shape index (κ2) is 7.47. The normalized spacial score (nSPS) is 10.3. The van der Waals surface area contributed by atoms with Crippen molar-refractivity contribution in [3.63, 3.8) is 0 Å². The van der Waals surface area contributed by atoms with E-state index in [0.29, 0.717) is 11.5 Å². The van der Waals surface area contributed by atoms with Gasteiger partial charge in [-0.05, 0) is 42.5 Å². The summed E-state index contributed by atoms with van der Waals surface area (Å²) in [6, 6.07) is 14.3. The number of nitro benzene ring substituents is 1. The highest BCUT2D eigenvalue weighted by molar-refractivity contribution is 6.03. The molecule has 7 nitrogen and oxygen atoms in total. The van der Waals surface area contributed by atoms with E-state index < -0.39 is 10.8 Å². The van der Waals surface area contributed by atoms with Gasteiger partial charge in [-0.3, -0.25) is 14.9 Å². The molecule has 0 atom stereocenters. The number of anilines is 1. The van der Waals surface area contributed by atoms with Gasteiger partial charge in [-0.25, -0.2) is 4.39 Å². The van der Waals surface area contributed by atoms with Crippen molar-refractivity contribution in [2.24, 2.45) is 0 Å². The average molecular weight is 356 g/mol. The van der Waals surface area contributed by atoms with Crippen molar-refractivity contribution in [2.75, 3.05) is 5.32 Å². The Kier molecular flexibility index (Phi) is 4.93. The minimum atomic E-state index is -0.618. The summed E-state index contributed by atoms with van der Waals surface area (Å²) < 4.78 is 23.6. The Morgan fingerprint density at radius 1 is 1.12 bits per heavy atom. The lowest BCUT2D eigenvalue weighted by molar-refractivity contribution is -0.383. The lowest BCUT2D eigenvalue weighted by atomic mass is 10.2. The van der Waals surface area contributed by atoms with Crippen LogP contribution in [0.2, 0.25) is 0 Å². The van der Waals surface area contributed by atoms with Crippen LogP contribution in [0.1, 0.15) is 16.3 Å². The molecule has 1 amide bonds. The van der Waals surface area contributed by atoms with Gasteiger partial charge in [0, 0.05) is 6.07 Å². The molecule has 2 aromatic carbocycles. The third kappa shape index (κ3) is 4.04. The smallest absolute Gasteiger partial charge is 0.292 e. The molecule has 0 bridgehead atoms. The van der Waals surface area contributed by atoms with Crippen molar-refractivity contribution in [2.45, 2.75) is 6.61 Å². The van der Waals surface area contributed by atoms with Crippen LogP contribution < -0.4 is 10.1 Å². The summed E-state index contributed by atoms with van der Waals surface area (Å²) in [4.78, 5) is 22.6. The first-order valence-corrected chi connectivity index (χ1v) is 7.55. The van der Waals surface area contributed by atoms with Crippen LogP contribution >= 0.6 is 0 Å². The molecule has 3 rings (SSSR count).